The number of allylic oxidation sites excluding steroid dienone is 4. The Morgan fingerprint density at radius 3 is 2.54 bits per heavy atom. The highest BCUT2D eigenvalue weighted by Gasteiger charge is 2.74. The molecule has 0 amide bonds. The van der Waals surface area contributed by atoms with Crippen molar-refractivity contribution in [3.63, 3.8) is 0 Å². The fourth-order valence-corrected chi connectivity index (χ4v) is 11.2. The van der Waals surface area contributed by atoms with Gasteiger partial charge in [-0.1, -0.05) is 56.3 Å². The van der Waals surface area contributed by atoms with E-state index in [1.165, 1.54) is 11.1 Å². The van der Waals surface area contributed by atoms with Gasteiger partial charge in [0.1, 0.15) is 0 Å². The van der Waals surface area contributed by atoms with Gasteiger partial charge in [0.15, 0.2) is 5.76 Å². The SMILES string of the molecule is C[C@]12CC[C@H]3[C@]4(C=C[C@@]5(C=C4C(=O)c4ccco4)CC(O)CC[C@]35C)[C@@H]1CC[C@@]2(O)CN1CCc2ccccc2C1. The van der Waals surface area contributed by atoms with Crippen molar-refractivity contribution < 1.29 is 19.4 Å². The molecule has 2 spiro atoms. The monoisotopic (exact) mass is 553 g/mol. The Balaban J connectivity index is 1.21. The molecule has 7 aliphatic rings. The molecule has 0 radical (unpaired) electrons. The molecule has 3 saturated carbocycles. The van der Waals surface area contributed by atoms with Gasteiger partial charge in [-0.05, 0) is 91.9 Å². The predicted octanol–water partition coefficient (Wildman–Crippen LogP) is 6.11. The van der Waals surface area contributed by atoms with E-state index in [9.17, 15) is 15.0 Å². The lowest BCUT2D eigenvalue weighted by Crippen LogP contribution is -2.67. The Kier molecular flexibility index (Phi) is 5.46. The van der Waals surface area contributed by atoms with Crippen LogP contribution >= 0.6 is 0 Å². The molecule has 1 aromatic carbocycles. The van der Waals surface area contributed by atoms with Crippen molar-refractivity contribution in [2.75, 3.05) is 13.1 Å². The summed E-state index contributed by atoms with van der Waals surface area (Å²) in [5.41, 5.74) is 1.77. The third-order valence-electron chi connectivity index (χ3n) is 13.4. The summed E-state index contributed by atoms with van der Waals surface area (Å²) in [6, 6.07) is 12.3. The van der Waals surface area contributed by atoms with Crippen LogP contribution in [0.5, 0.6) is 0 Å². The van der Waals surface area contributed by atoms with Gasteiger partial charge in [0.25, 0.3) is 0 Å². The highest BCUT2D eigenvalue weighted by Crippen LogP contribution is 2.78. The summed E-state index contributed by atoms with van der Waals surface area (Å²) in [5.74, 6) is 0.846. The molecule has 1 unspecified atom stereocenters. The van der Waals surface area contributed by atoms with E-state index in [0.717, 1.165) is 63.6 Å². The first-order valence-corrected chi connectivity index (χ1v) is 15.9. The maximum atomic E-state index is 14.3. The number of rotatable bonds is 4. The molecule has 1 aliphatic heterocycles. The number of furan rings is 1. The number of ketones is 1. The van der Waals surface area contributed by atoms with Crippen LogP contribution in [-0.2, 0) is 13.0 Å². The summed E-state index contributed by atoms with van der Waals surface area (Å²) in [5, 5.41) is 23.5. The molecule has 41 heavy (non-hydrogen) atoms. The van der Waals surface area contributed by atoms with Crippen molar-refractivity contribution in [3.05, 3.63) is 83.3 Å². The Hall–Kier alpha value is -2.47. The van der Waals surface area contributed by atoms with E-state index in [-0.39, 0.29) is 34.1 Å². The predicted molar refractivity (Wildman–Crippen MR) is 157 cm³/mol. The van der Waals surface area contributed by atoms with Gasteiger partial charge in [0, 0.05) is 41.5 Å². The molecule has 216 valence electrons. The molecular formula is C36H43NO4. The number of carbonyl (C=O) groups is 1. The molecule has 2 bridgehead atoms. The number of aliphatic hydroxyl groups excluding tert-OH is 1. The molecule has 8 atom stereocenters. The molecule has 2 heterocycles. The average molecular weight is 554 g/mol. The second-order valence-electron chi connectivity index (χ2n) is 14.8. The summed E-state index contributed by atoms with van der Waals surface area (Å²) in [6.45, 7) is 7.30. The Bertz CT molecular complexity index is 1460. The molecule has 1 aromatic heterocycles. The number of benzene rings is 1. The van der Waals surface area contributed by atoms with E-state index in [0.29, 0.717) is 24.6 Å². The fraction of sp³-hybridized carbons (Fsp3) is 0.583. The number of β-amino-alcohol motifs (C(OH)–C–C–N with tert-alkyl or cyclic N) is 1. The lowest BCUT2D eigenvalue weighted by Gasteiger charge is -2.71. The molecule has 2 aromatic rings. The van der Waals surface area contributed by atoms with Gasteiger partial charge in [0.2, 0.25) is 5.78 Å². The second-order valence-corrected chi connectivity index (χ2v) is 14.8. The zero-order valence-electron chi connectivity index (χ0n) is 24.4. The van der Waals surface area contributed by atoms with Crippen molar-refractivity contribution in [2.45, 2.75) is 83.5 Å². The molecule has 6 aliphatic carbocycles. The lowest BCUT2D eigenvalue weighted by molar-refractivity contribution is -0.176. The van der Waals surface area contributed by atoms with Crippen LogP contribution in [0.25, 0.3) is 0 Å². The van der Waals surface area contributed by atoms with Crippen LogP contribution in [0.1, 0.15) is 80.5 Å². The van der Waals surface area contributed by atoms with Crippen LogP contribution in [0, 0.1) is 33.5 Å². The van der Waals surface area contributed by atoms with E-state index in [1.807, 2.05) is 0 Å². The van der Waals surface area contributed by atoms with E-state index >= 15 is 0 Å². The van der Waals surface area contributed by atoms with Crippen LogP contribution in [0.15, 0.2) is 70.9 Å². The van der Waals surface area contributed by atoms with Gasteiger partial charge >= 0.3 is 0 Å². The van der Waals surface area contributed by atoms with Gasteiger partial charge in [0.05, 0.1) is 18.0 Å². The van der Waals surface area contributed by atoms with Crippen molar-refractivity contribution in [3.8, 4) is 0 Å². The molecule has 5 heteroatoms. The Labute approximate surface area is 243 Å². The first-order chi connectivity index (χ1) is 19.6. The zero-order valence-corrected chi connectivity index (χ0v) is 24.4. The third kappa shape index (κ3) is 3.26. The largest absolute Gasteiger partial charge is 0.461 e. The maximum Gasteiger partial charge on any atom is 0.224 e. The van der Waals surface area contributed by atoms with Crippen molar-refractivity contribution >= 4 is 5.78 Å². The fourth-order valence-electron chi connectivity index (χ4n) is 11.2. The van der Waals surface area contributed by atoms with Crippen molar-refractivity contribution in [2.24, 2.45) is 33.5 Å². The highest BCUT2D eigenvalue weighted by atomic mass is 16.3. The van der Waals surface area contributed by atoms with Crippen LogP contribution < -0.4 is 0 Å². The van der Waals surface area contributed by atoms with E-state index in [4.69, 9.17) is 4.42 Å². The Morgan fingerprint density at radius 2 is 1.73 bits per heavy atom. The van der Waals surface area contributed by atoms with Crippen molar-refractivity contribution in [1.29, 1.82) is 0 Å². The minimum Gasteiger partial charge on any atom is -0.461 e. The summed E-state index contributed by atoms with van der Waals surface area (Å²) in [7, 11) is 0. The Morgan fingerprint density at radius 1 is 0.976 bits per heavy atom. The summed E-state index contributed by atoms with van der Waals surface area (Å²) in [4.78, 5) is 16.8. The molecule has 9 rings (SSSR count). The second kappa shape index (κ2) is 8.55. The normalized spacial score (nSPS) is 44.5. The minimum absolute atomic E-state index is 0.0156. The molecule has 3 fully saturated rings. The zero-order chi connectivity index (χ0) is 28.3. The summed E-state index contributed by atoms with van der Waals surface area (Å²) >= 11 is 0. The van der Waals surface area contributed by atoms with Gasteiger partial charge in [-0.25, -0.2) is 0 Å². The molecule has 5 nitrogen and oxygen atoms in total. The van der Waals surface area contributed by atoms with E-state index in [2.05, 4.69) is 61.2 Å². The summed E-state index contributed by atoms with van der Waals surface area (Å²) in [6.07, 6.45) is 15.4. The quantitative estimate of drug-likeness (QED) is 0.353. The standard InChI is InChI=1S/C36H43NO4/c1-32-13-9-26(38)20-34(32)16-17-36(27(21-34)31(39)28-8-5-19-41-28)29(32)10-14-33(2)30(36)11-15-35(33,40)23-37-18-12-24-6-3-4-7-25(24)22-37/h3-8,16-17,19,21,26,29-30,38,40H,9-15,18,20,22-23H2,1-2H3/t26?,29-,30-,32-,33+,34+,35-,36-/m1/s1. The van der Waals surface area contributed by atoms with Gasteiger partial charge in [-0.3, -0.25) is 9.69 Å². The van der Waals surface area contributed by atoms with Crippen LogP contribution in [0.4, 0.5) is 0 Å². The number of aliphatic hydroxyl groups is 2. The topological polar surface area (TPSA) is 73.9 Å². The molecule has 2 N–H and O–H groups in total. The van der Waals surface area contributed by atoms with E-state index < -0.39 is 11.0 Å². The third-order valence-corrected chi connectivity index (χ3v) is 13.4. The number of nitrogens with zero attached hydrogens (tertiary/aromatic N) is 1. The summed E-state index contributed by atoms with van der Waals surface area (Å²) < 4.78 is 5.70. The van der Waals surface area contributed by atoms with Crippen LogP contribution in [-0.4, -0.2) is 45.7 Å². The number of hydrogen-bond acceptors (Lipinski definition) is 5. The highest BCUT2D eigenvalue weighted by molar-refractivity contribution is 6.08. The van der Waals surface area contributed by atoms with Gasteiger partial charge in [-0.15, -0.1) is 0 Å². The number of Topliss-reactive ketones (excluding diaryl/α,β-unsaturated/α-hetero) is 1. The van der Waals surface area contributed by atoms with Gasteiger partial charge in [-0.2, -0.15) is 0 Å². The molecule has 0 saturated heterocycles. The minimum atomic E-state index is -0.813. The molecular weight excluding hydrogens is 510 g/mol. The van der Waals surface area contributed by atoms with Crippen LogP contribution in [0.3, 0.4) is 0 Å². The van der Waals surface area contributed by atoms with E-state index in [1.54, 1.807) is 18.4 Å². The number of hydrogen-bond donors (Lipinski definition) is 2. The first-order valence-electron chi connectivity index (χ1n) is 15.9. The maximum absolute atomic E-state index is 14.3. The smallest absolute Gasteiger partial charge is 0.224 e. The van der Waals surface area contributed by atoms with Gasteiger partial charge < -0.3 is 14.6 Å². The lowest BCUT2D eigenvalue weighted by atomic mass is 9.32. The average Bonchev–Trinajstić information content (AvgIpc) is 3.59. The number of fused-ring (bicyclic) bond motifs is 2. The van der Waals surface area contributed by atoms with Crippen molar-refractivity contribution in [1.82, 2.24) is 4.90 Å². The van der Waals surface area contributed by atoms with Crippen LogP contribution in [0.2, 0.25) is 0 Å². The number of carbonyl (C=O) groups excluding carboxylic acids is 1. The first kappa shape index (κ1) is 26.2.